The molecule has 1 aromatic rings. The lowest BCUT2D eigenvalue weighted by atomic mass is 9.85. The fraction of sp³-hybridized carbons (Fsp3) is 0.571. The Hall–Kier alpha value is -0.390. The van der Waals surface area contributed by atoms with Gasteiger partial charge >= 0.3 is 0 Å². The first-order valence-corrected chi connectivity index (χ1v) is 8.81. The minimum Gasteiger partial charge on any atom is -0.207 e. The van der Waals surface area contributed by atoms with E-state index in [-0.39, 0.29) is 5.41 Å². The maximum absolute atomic E-state index is 12.7. The summed E-state index contributed by atoms with van der Waals surface area (Å²) < 4.78 is 27.6. The van der Waals surface area contributed by atoms with Crippen LogP contribution >= 0.6 is 15.9 Å². The van der Waals surface area contributed by atoms with Gasteiger partial charge in [-0.3, -0.25) is 0 Å². The van der Waals surface area contributed by atoms with Gasteiger partial charge in [-0.05, 0) is 52.7 Å². The molecule has 19 heavy (non-hydrogen) atoms. The van der Waals surface area contributed by atoms with Crippen LogP contribution in [0.4, 0.5) is 0 Å². The second kappa shape index (κ2) is 5.54. The molecule has 1 aliphatic heterocycles. The Labute approximate surface area is 124 Å². The SMILES string of the molecule is CC1(C)CCCN(S(=O)(=O)c2ccccc2Br)CC1. The van der Waals surface area contributed by atoms with Crippen LogP contribution in [0.2, 0.25) is 0 Å². The zero-order valence-corrected chi connectivity index (χ0v) is 13.8. The molecule has 106 valence electrons. The molecule has 0 aromatic heterocycles. The van der Waals surface area contributed by atoms with E-state index in [1.165, 1.54) is 0 Å². The molecule has 2 rings (SSSR count). The third-order valence-corrected chi connectivity index (χ3v) is 6.66. The van der Waals surface area contributed by atoms with Crippen LogP contribution in [-0.4, -0.2) is 25.8 Å². The van der Waals surface area contributed by atoms with Gasteiger partial charge in [0.25, 0.3) is 0 Å². The molecule has 0 atom stereocenters. The molecule has 1 aromatic carbocycles. The van der Waals surface area contributed by atoms with E-state index in [1.807, 2.05) is 6.07 Å². The highest BCUT2D eigenvalue weighted by Gasteiger charge is 2.31. The smallest absolute Gasteiger partial charge is 0.207 e. The summed E-state index contributed by atoms with van der Waals surface area (Å²) >= 11 is 3.33. The second-order valence-corrected chi connectivity index (χ2v) is 8.61. The summed E-state index contributed by atoms with van der Waals surface area (Å²) in [6.07, 6.45) is 2.92. The predicted molar refractivity (Wildman–Crippen MR) is 80.5 cm³/mol. The van der Waals surface area contributed by atoms with E-state index in [4.69, 9.17) is 0 Å². The normalized spacial score (nSPS) is 21.0. The minimum absolute atomic E-state index is 0.234. The molecule has 1 saturated heterocycles. The first-order chi connectivity index (χ1) is 8.83. The van der Waals surface area contributed by atoms with Crippen LogP contribution in [0.1, 0.15) is 33.1 Å². The molecule has 0 aliphatic carbocycles. The van der Waals surface area contributed by atoms with Gasteiger partial charge in [0.1, 0.15) is 0 Å². The highest BCUT2D eigenvalue weighted by molar-refractivity contribution is 9.10. The van der Waals surface area contributed by atoms with Crippen LogP contribution in [0, 0.1) is 5.41 Å². The van der Waals surface area contributed by atoms with E-state index in [0.717, 1.165) is 19.3 Å². The molecule has 0 radical (unpaired) electrons. The molecular weight excluding hydrogens is 326 g/mol. The van der Waals surface area contributed by atoms with Crippen LogP contribution in [0.3, 0.4) is 0 Å². The Morgan fingerprint density at radius 3 is 2.53 bits per heavy atom. The van der Waals surface area contributed by atoms with Gasteiger partial charge in [0.05, 0.1) is 4.90 Å². The average molecular weight is 346 g/mol. The Morgan fingerprint density at radius 2 is 1.84 bits per heavy atom. The molecular formula is C14H20BrNO2S. The largest absolute Gasteiger partial charge is 0.244 e. The van der Waals surface area contributed by atoms with Crippen molar-refractivity contribution >= 4 is 26.0 Å². The van der Waals surface area contributed by atoms with Gasteiger partial charge in [0, 0.05) is 17.6 Å². The van der Waals surface area contributed by atoms with Crippen LogP contribution in [-0.2, 0) is 10.0 Å². The topological polar surface area (TPSA) is 37.4 Å². The number of nitrogens with zero attached hydrogens (tertiary/aromatic N) is 1. The summed E-state index contributed by atoms with van der Waals surface area (Å²) in [5, 5.41) is 0. The third kappa shape index (κ3) is 3.38. The molecule has 1 aliphatic rings. The summed E-state index contributed by atoms with van der Waals surface area (Å²) in [5.41, 5.74) is 0.234. The number of halogens is 1. The van der Waals surface area contributed by atoms with Crippen LogP contribution in [0.25, 0.3) is 0 Å². The van der Waals surface area contributed by atoms with Crippen molar-refractivity contribution in [1.29, 1.82) is 0 Å². The fourth-order valence-corrected chi connectivity index (χ4v) is 4.87. The Balaban J connectivity index is 2.28. The number of rotatable bonds is 2. The molecule has 0 amide bonds. The van der Waals surface area contributed by atoms with Crippen molar-refractivity contribution in [1.82, 2.24) is 4.31 Å². The summed E-state index contributed by atoms with van der Waals surface area (Å²) in [6, 6.07) is 7.03. The monoisotopic (exact) mass is 345 g/mol. The van der Waals surface area contributed by atoms with Crippen molar-refractivity contribution in [2.24, 2.45) is 5.41 Å². The molecule has 0 spiro atoms. The molecule has 1 heterocycles. The van der Waals surface area contributed by atoms with Gasteiger partial charge in [0.15, 0.2) is 0 Å². The Morgan fingerprint density at radius 1 is 1.16 bits per heavy atom. The first kappa shape index (κ1) is 15.0. The van der Waals surface area contributed by atoms with Gasteiger partial charge in [0.2, 0.25) is 10.0 Å². The number of hydrogen-bond donors (Lipinski definition) is 0. The van der Waals surface area contributed by atoms with E-state index >= 15 is 0 Å². The van der Waals surface area contributed by atoms with Crippen molar-refractivity contribution in [2.45, 2.75) is 38.0 Å². The van der Waals surface area contributed by atoms with Crippen molar-refractivity contribution < 1.29 is 8.42 Å². The third-order valence-electron chi connectivity index (χ3n) is 3.75. The highest BCUT2D eigenvalue weighted by atomic mass is 79.9. The molecule has 0 bridgehead atoms. The average Bonchev–Trinajstić information content (AvgIpc) is 2.51. The van der Waals surface area contributed by atoms with Crippen LogP contribution < -0.4 is 0 Å². The first-order valence-electron chi connectivity index (χ1n) is 6.58. The molecule has 1 fully saturated rings. The highest BCUT2D eigenvalue weighted by Crippen LogP contribution is 2.33. The van der Waals surface area contributed by atoms with E-state index in [2.05, 4.69) is 29.8 Å². The van der Waals surface area contributed by atoms with Gasteiger partial charge < -0.3 is 0 Å². The van der Waals surface area contributed by atoms with Crippen molar-refractivity contribution in [3.63, 3.8) is 0 Å². The zero-order valence-electron chi connectivity index (χ0n) is 11.4. The standard InChI is InChI=1S/C14H20BrNO2S/c1-14(2)8-5-10-16(11-9-14)19(17,18)13-7-4-3-6-12(13)15/h3-4,6-7H,5,8-11H2,1-2H3. The number of sulfonamides is 1. The fourth-order valence-electron chi connectivity index (χ4n) is 2.43. The zero-order chi connectivity index (χ0) is 14.1. The Kier molecular flexibility index (Phi) is 4.38. The minimum atomic E-state index is -3.38. The van der Waals surface area contributed by atoms with E-state index in [1.54, 1.807) is 22.5 Å². The van der Waals surface area contributed by atoms with Crippen molar-refractivity contribution in [2.75, 3.05) is 13.1 Å². The quantitative estimate of drug-likeness (QED) is 0.820. The van der Waals surface area contributed by atoms with Gasteiger partial charge in [-0.2, -0.15) is 4.31 Å². The second-order valence-electron chi connectivity index (χ2n) is 5.85. The van der Waals surface area contributed by atoms with Gasteiger partial charge in [-0.15, -0.1) is 0 Å². The number of benzene rings is 1. The predicted octanol–water partition coefficient (Wildman–Crippen LogP) is 3.65. The lowest BCUT2D eigenvalue weighted by Gasteiger charge is -2.23. The van der Waals surface area contributed by atoms with Crippen molar-refractivity contribution in [3.05, 3.63) is 28.7 Å². The van der Waals surface area contributed by atoms with E-state index in [9.17, 15) is 8.42 Å². The summed E-state index contributed by atoms with van der Waals surface area (Å²) in [6.45, 7) is 5.65. The summed E-state index contributed by atoms with van der Waals surface area (Å²) in [7, 11) is -3.38. The van der Waals surface area contributed by atoms with Gasteiger partial charge in [-0.1, -0.05) is 26.0 Å². The van der Waals surface area contributed by atoms with Crippen LogP contribution in [0.15, 0.2) is 33.6 Å². The van der Waals surface area contributed by atoms with Gasteiger partial charge in [-0.25, -0.2) is 8.42 Å². The Bertz CT molecular complexity index is 554. The lowest BCUT2D eigenvalue weighted by molar-refractivity contribution is 0.315. The van der Waals surface area contributed by atoms with E-state index < -0.39 is 10.0 Å². The summed E-state index contributed by atoms with van der Waals surface area (Å²) in [5.74, 6) is 0. The molecule has 0 unspecified atom stereocenters. The maximum atomic E-state index is 12.7. The molecule has 3 nitrogen and oxygen atoms in total. The van der Waals surface area contributed by atoms with Crippen LogP contribution in [0.5, 0.6) is 0 Å². The van der Waals surface area contributed by atoms with E-state index in [0.29, 0.717) is 22.5 Å². The molecule has 0 N–H and O–H groups in total. The lowest BCUT2D eigenvalue weighted by Crippen LogP contribution is -2.32. The van der Waals surface area contributed by atoms with Crippen molar-refractivity contribution in [3.8, 4) is 0 Å². The molecule has 0 saturated carbocycles. The summed E-state index contributed by atoms with van der Waals surface area (Å²) in [4.78, 5) is 0.370. The maximum Gasteiger partial charge on any atom is 0.244 e. The number of hydrogen-bond acceptors (Lipinski definition) is 2. The molecule has 5 heteroatoms.